The molecular weight excluding hydrogens is 306 g/mol. The summed E-state index contributed by atoms with van der Waals surface area (Å²) in [6.07, 6.45) is 1.15. The largest absolute Gasteiger partial charge is 0.481 e. The predicted molar refractivity (Wildman–Crippen MR) is 92.0 cm³/mol. The first-order valence-corrected chi connectivity index (χ1v) is 7.92. The van der Waals surface area contributed by atoms with Gasteiger partial charge in [-0.1, -0.05) is 12.1 Å². The van der Waals surface area contributed by atoms with Crippen molar-refractivity contribution < 1.29 is 14.3 Å². The van der Waals surface area contributed by atoms with Gasteiger partial charge in [0.2, 0.25) is 11.8 Å². The molecule has 0 saturated carbocycles. The molecule has 2 aromatic rings. The number of ether oxygens (including phenoxy) is 2. The van der Waals surface area contributed by atoms with Gasteiger partial charge in [-0.2, -0.15) is 4.98 Å². The molecule has 0 unspecified atom stereocenters. The Bertz CT molecular complexity index is 710. The molecule has 3 rings (SSSR count). The number of hydrogen-bond donors (Lipinski definition) is 2. The molecule has 0 bridgehead atoms. The second-order valence-corrected chi connectivity index (χ2v) is 5.68. The van der Waals surface area contributed by atoms with E-state index in [9.17, 15) is 4.79 Å². The molecule has 6 heteroatoms. The Balaban J connectivity index is 1.72. The quantitative estimate of drug-likeness (QED) is 0.882. The minimum absolute atomic E-state index is 0.237. The van der Waals surface area contributed by atoms with Crippen molar-refractivity contribution in [3.8, 4) is 11.8 Å². The number of pyridine rings is 1. The summed E-state index contributed by atoms with van der Waals surface area (Å²) in [5.41, 5.74) is 2.40. The van der Waals surface area contributed by atoms with Crippen LogP contribution >= 0.6 is 0 Å². The number of methoxy groups -OCH3 is 2. The summed E-state index contributed by atoms with van der Waals surface area (Å²) in [6.45, 7) is 2.08. The van der Waals surface area contributed by atoms with Gasteiger partial charge in [0.25, 0.3) is 5.91 Å². The van der Waals surface area contributed by atoms with Crippen molar-refractivity contribution in [2.45, 2.75) is 12.3 Å². The van der Waals surface area contributed by atoms with Crippen LogP contribution in [0.15, 0.2) is 36.4 Å². The van der Waals surface area contributed by atoms with Gasteiger partial charge in [0.05, 0.1) is 14.2 Å². The zero-order chi connectivity index (χ0) is 16.9. The average Bonchev–Trinajstić information content (AvgIpc) is 3.16. The maximum absolute atomic E-state index is 12.5. The van der Waals surface area contributed by atoms with E-state index in [2.05, 4.69) is 27.8 Å². The third kappa shape index (κ3) is 3.49. The Morgan fingerprint density at radius 1 is 1.17 bits per heavy atom. The zero-order valence-corrected chi connectivity index (χ0v) is 13.8. The van der Waals surface area contributed by atoms with Crippen LogP contribution < -0.4 is 20.1 Å². The highest BCUT2D eigenvalue weighted by Gasteiger charge is 2.17. The van der Waals surface area contributed by atoms with E-state index in [1.54, 1.807) is 12.1 Å². The number of nitrogens with zero attached hydrogens (tertiary/aromatic N) is 1. The standard InChI is InChI=1S/C18H21N3O3/c1-23-16-8-7-15(18(21-16)24-2)17(22)20-14-5-3-12(4-6-14)13-9-10-19-11-13/h3-8,13,19H,9-11H2,1-2H3,(H,20,22)/t13-/m0/s1. The lowest BCUT2D eigenvalue weighted by Gasteiger charge is -2.12. The van der Waals surface area contributed by atoms with Gasteiger partial charge in [-0.3, -0.25) is 4.79 Å². The van der Waals surface area contributed by atoms with E-state index in [1.807, 2.05) is 12.1 Å². The van der Waals surface area contributed by atoms with Gasteiger partial charge in [-0.15, -0.1) is 0 Å². The minimum Gasteiger partial charge on any atom is -0.481 e. The van der Waals surface area contributed by atoms with Crippen molar-refractivity contribution in [2.75, 3.05) is 32.6 Å². The summed E-state index contributed by atoms with van der Waals surface area (Å²) < 4.78 is 10.2. The monoisotopic (exact) mass is 327 g/mol. The summed E-state index contributed by atoms with van der Waals surface area (Å²) >= 11 is 0. The molecule has 2 heterocycles. The zero-order valence-electron chi connectivity index (χ0n) is 13.8. The van der Waals surface area contributed by atoms with E-state index in [0.29, 0.717) is 17.4 Å². The van der Waals surface area contributed by atoms with E-state index in [1.165, 1.54) is 19.8 Å². The van der Waals surface area contributed by atoms with E-state index >= 15 is 0 Å². The van der Waals surface area contributed by atoms with Crippen molar-refractivity contribution in [3.05, 3.63) is 47.5 Å². The molecule has 2 N–H and O–H groups in total. The summed E-state index contributed by atoms with van der Waals surface area (Å²) in [5, 5.41) is 6.23. The van der Waals surface area contributed by atoms with Crippen LogP contribution in [0.5, 0.6) is 11.8 Å². The number of carbonyl (C=O) groups excluding carboxylic acids is 1. The first kappa shape index (κ1) is 16.3. The summed E-state index contributed by atoms with van der Waals surface area (Å²) in [7, 11) is 2.99. The highest BCUT2D eigenvalue weighted by atomic mass is 16.5. The molecule has 1 atom stereocenters. The third-order valence-electron chi connectivity index (χ3n) is 4.18. The number of amides is 1. The Morgan fingerprint density at radius 3 is 2.58 bits per heavy atom. The van der Waals surface area contributed by atoms with Crippen molar-refractivity contribution in [3.63, 3.8) is 0 Å². The number of aromatic nitrogens is 1. The van der Waals surface area contributed by atoms with Crippen LogP contribution in [0.25, 0.3) is 0 Å². The first-order chi connectivity index (χ1) is 11.7. The minimum atomic E-state index is -0.266. The van der Waals surface area contributed by atoms with E-state index in [-0.39, 0.29) is 11.8 Å². The second kappa shape index (κ2) is 7.31. The van der Waals surface area contributed by atoms with Crippen molar-refractivity contribution in [1.29, 1.82) is 0 Å². The van der Waals surface area contributed by atoms with Crippen molar-refractivity contribution in [2.24, 2.45) is 0 Å². The van der Waals surface area contributed by atoms with Crippen LogP contribution in [-0.4, -0.2) is 38.2 Å². The Kier molecular flexibility index (Phi) is 4.96. The number of carbonyl (C=O) groups is 1. The fraction of sp³-hybridized carbons (Fsp3) is 0.333. The molecule has 1 aromatic heterocycles. The summed E-state index contributed by atoms with van der Waals surface area (Å²) in [5.74, 6) is 0.927. The predicted octanol–water partition coefficient (Wildman–Crippen LogP) is 2.43. The molecule has 24 heavy (non-hydrogen) atoms. The number of benzene rings is 1. The molecule has 1 amide bonds. The number of hydrogen-bond acceptors (Lipinski definition) is 5. The summed E-state index contributed by atoms with van der Waals surface area (Å²) in [6, 6.07) is 11.3. The summed E-state index contributed by atoms with van der Waals surface area (Å²) in [4.78, 5) is 16.6. The molecular formula is C18H21N3O3. The first-order valence-electron chi connectivity index (χ1n) is 7.92. The molecule has 1 fully saturated rings. The van der Waals surface area contributed by atoms with Crippen LogP contribution in [0.3, 0.4) is 0 Å². The fourth-order valence-corrected chi connectivity index (χ4v) is 2.84. The number of anilines is 1. The van der Waals surface area contributed by atoms with E-state index in [4.69, 9.17) is 9.47 Å². The SMILES string of the molecule is COc1ccc(C(=O)Nc2ccc([C@H]3CCNC3)cc2)c(OC)n1. The second-order valence-electron chi connectivity index (χ2n) is 5.68. The van der Waals surface area contributed by atoms with Crippen molar-refractivity contribution >= 4 is 11.6 Å². The van der Waals surface area contributed by atoms with Gasteiger partial charge in [-0.05, 0) is 42.6 Å². The topological polar surface area (TPSA) is 72.5 Å². The molecule has 6 nitrogen and oxygen atoms in total. The van der Waals surface area contributed by atoms with Crippen LogP contribution in [0.1, 0.15) is 28.3 Å². The maximum atomic E-state index is 12.5. The lowest BCUT2D eigenvalue weighted by molar-refractivity contribution is 0.102. The van der Waals surface area contributed by atoms with Crippen LogP contribution in [-0.2, 0) is 0 Å². The number of rotatable bonds is 5. The lowest BCUT2D eigenvalue weighted by Crippen LogP contribution is -2.14. The molecule has 1 saturated heterocycles. The van der Waals surface area contributed by atoms with Crippen LogP contribution in [0, 0.1) is 0 Å². The molecule has 126 valence electrons. The third-order valence-corrected chi connectivity index (χ3v) is 4.18. The molecule has 1 aromatic carbocycles. The molecule has 0 aliphatic carbocycles. The smallest absolute Gasteiger partial charge is 0.261 e. The Labute approximate surface area is 141 Å². The average molecular weight is 327 g/mol. The van der Waals surface area contributed by atoms with Crippen LogP contribution in [0.2, 0.25) is 0 Å². The van der Waals surface area contributed by atoms with Gasteiger partial charge in [0.15, 0.2) is 0 Å². The van der Waals surface area contributed by atoms with Crippen LogP contribution in [0.4, 0.5) is 5.69 Å². The highest BCUT2D eigenvalue weighted by molar-refractivity contribution is 6.05. The van der Waals surface area contributed by atoms with Gasteiger partial charge in [-0.25, -0.2) is 0 Å². The van der Waals surface area contributed by atoms with Gasteiger partial charge in [0, 0.05) is 18.3 Å². The molecule has 1 aliphatic heterocycles. The maximum Gasteiger partial charge on any atom is 0.261 e. The Hall–Kier alpha value is -2.60. The van der Waals surface area contributed by atoms with Crippen molar-refractivity contribution in [1.82, 2.24) is 10.3 Å². The molecule has 0 radical (unpaired) electrons. The number of nitrogens with one attached hydrogen (secondary N) is 2. The highest BCUT2D eigenvalue weighted by Crippen LogP contribution is 2.25. The lowest BCUT2D eigenvalue weighted by atomic mass is 9.98. The molecule has 0 spiro atoms. The van der Waals surface area contributed by atoms with Gasteiger partial charge >= 0.3 is 0 Å². The van der Waals surface area contributed by atoms with E-state index in [0.717, 1.165) is 25.2 Å². The molecule has 1 aliphatic rings. The van der Waals surface area contributed by atoms with Gasteiger partial charge < -0.3 is 20.1 Å². The normalized spacial score (nSPS) is 16.7. The van der Waals surface area contributed by atoms with E-state index < -0.39 is 0 Å². The van der Waals surface area contributed by atoms with Gasteiger partial charge in [0.1, 0.15) is 5.56 Å². The Morgan fingerprint density at radius 2 is 1.96 bits per heavy atom. The fourth-order valence-electron chi connectivity index (χ4n) is 2.84.